The third-order valence-corrected chi connectivity index (χ3v) is 3.51. The lowest BCUT2D eigenvalue weighted by molar-refractivity contribution is 0.302. The fraction of sp³-hybridized carbons (Fsp3) is 0.667. The topological polar surface area (TPSA) is 15.3 Å². The third-order valence-electron chi connectivity index (χ3n) is 3.51. The van der Waals surface area contributed by atoms with Crippen LogP contribution in [0.5, 0.6) is 0 Å². The monoisotopic (exact) mass is 276 g/mol. The minimum atomic E-state index is 0.705. The zero-order valence-electron chi connectivity index (χ0n) is 13.9. The molecule has 1 aromatic rings. The summed E-state index contributed by atoms with van der Waals surface area (Å²) in [6.07, 6.45) is 1.27. The molecule has 0 aliphatic rings. The molecule has 0 amide bonds. The normalized spacial score (nSPS) is 11.8. The first kappa shape index (κ1) is 17.2. The van der Waals surface area contributed by atoms with E-state index in [1.807, 2.05) is 0 Å². The first-order valence-electron chi connectivity index (χ1n) is 7.95. The van der Waals surface area contributed by atoms with Crippen LogP contribution in [0.1, 0.15) is 45.2 Å². The highest BCUT2D eigenvalue weighted by Gasteiger charge is 2.06. The van der Waals surface area contributed by atoms with Gasteiger partial charge in [-0.05, 0) is 49.5 Å². The maximum absolute atomic E-state index is 3.55. The second-order valence-electron chi connectivity index (χ2n) is 6.71. The van der Waals surface area contributed by atoms with Crippen molar-refractivity contribution in [2.75, 3.05) is 20.1 Å². The molecule has 2 nitrogen and oxygen atoms in total. The van der Waals surface area contributed by atoms with E-state index in [0.717, 1.165) is 25.6 Å². The van der Waals surface area contributed by atoms with E-state index in [-0.39, 0.29) is 0 Å². The summed E-state index contributed by atoms with van der Waals surface area (Å²) in [5.74, 6) is 1.48. The summed E-state index contributed by atoms with van der Waals surface area (Å²) < 4.78 is 0. The average molecular weight is 276 g/mol. The summed E-state index contributed by atoms with van der Waals surface area (Å²) in [7, 11) is 2.22. The van der Waals surface area contributed by atoms with Crippen molar-refractivity contribution in [3.05, 3.63) is 35.4 Å². The van der Waals surface area contributed by atoms with Crippen molar-refractivity contribution >= 4 is 0 Å². The molecule has 0 heterocycles. The Morgan fingerprint density at radius 3 is 2.25 bits per heavy atom. The summed E-state index contributed by atoms with van der Waals surface area (Å²) >= 11 is 0. The van der Waals surface area contributed by atoms with Gasteiger partial charge in [0, 0.05) is 13.1 Å². The zero-order valence-corrected chi connectivity index (χ0v) is 13.9. The van der Waals surface area contributed by atoms with Crippen LogP contribution in [0.2, 0.25) is 0 Å². The average Bonchev–Trinajstić information content (AvgIpc) is 2.38. The number of nitrogens with zero attached hydrogens (tertiary/aromatic N) is 1. The quantitative estimate of drug-likeness (QED) is 0.735. The predicted octanol–water partition coefficient (Wildman–Crippen LogP) is 3.91. The van der Waals surface area contributed by atoms with Crippen molar-refractivity contribution < 1.29 is 0 Å². The molecule has 0 radical (unpaired) electrons. The Labute approximate surface area is 125 Å². The minimum Gasteiger partial charge on any atom is -0.312 e. The van der Waals surface area contributed by atoms with Gasteiger partial charge in [0.1, 0.15) is 0 Å². The summed E-state index contributed by atoms with van der Waals surface area (Å²) in [5.41, 5.74) is 2.89. The molecule has 114 valence electrons. The number of nitrogens with one attached hydrogen (secondary N) is 1. The summed E-state index contributed by atoms with van der Waals surface area (Å²) in [6, 6.07) is 8.80. The molecule has 0 fully saturated rings. The molecule has 0 saturated carbocycles. The molecule has 0 saturated heterocycles. The van der Waals surface area contributed by atoms with Crippen molar-refractivity contribution in [3.8, 4) is 0 Å². The molecule has 0 bridgehead atoms. The third kappa shape index (κ3) is 7.06. The molecular weight excluding hydrogens is 244 g/mol. The van der Waals surface area contributed by atoms with Gasteiger partial charge < -0.3 is 10.2 Å². The first-order valence-corrected chi connectivity index (χ1v) is 7.95. The highest BCUT2D eigenvalue weighted by Crippen LogP contribution is 2.12. The number of benzene rings is 1. The Kier molecular flexibility index (Phi) is 7.86. The molecule has 0 aliphatic carbocycles. The summed E-state index contributed by atoms with van der Waals surface area (Å²) in [5, 5.41) is 3.55. The smallest absolute Gasteiger partial charge is 0.0233 e. The Balaban J connectivity index is 2.51. The highest BCUT2D eigenvalue weighted by atomic mass is 15.1. The van der Waals surface area contributed by atoms with Crippen LogP contribution >= 0.6 is 0 Å². The van der Waals surface area contributed by atoms with Gasteiger partial charge in [0.25, 0.3) is 0 Å². The van der Waals surface area contributed by atoms with Gasteiger partial charge in [-0.3, -0.25) is 0 Å². The van der Waals surface area contributed by atoms with Crippen molar-refractivity contribution in [2.24, 2.45) is 11.8 Å². The maximum Gasteiger partial charge on any atom is 0.0233 e. The van der Waals surface area contributed by atoms with E-state index in [1.54, 1.807) is 0 Å². The van der Waals surface area contributed by atoms with Crippen LogP contribution in [0.15, 0.2) is 24.3 Å². The largest absolute Gasteiger partial charge is 0.312 e. The van der Waals surface area contributed by atoms with Crippen molar-refractivity contribution in [2.45, 2.75) is 47.2 Å². The van der Waals surface area contributed by atoms with Gasteiger partial charge in [-0.25, -0.2) is 0 Å². The molecule has 0 unspecified atom stereocenters. The molecule has 1 aromatic carbocycles. The van der Waals surface area contributed by atoms with Crippen molar-refractivity contribution in [1.82, 2.24) is 10.2 Å². The molecule has 2 heteroatoms. The lowest BCUT2D eigenvalue weighted by Gasteiger charge is -2.20. The van der Waals surface area contributed by atoms with E-state index in [0.29, 0.717) is 5.92 Å². The van der Waals surface area contributed by atoms with Gasteiger partial charge >= 0.3 is 0 Å². The number of hydrogen-bond acceptors (Lipinski definition) is 2. The van der Waals surface area contributed by atoms with Crippen LogP contribution in [0.3, 0.4) is 0 Å². The summed E-state index contributed by atoms with van der Waals surface area (Å²) in [4.78, 5) is 2.43. The summed E-state index contributed by atoms with van der Waals surface area (Å²) in [6.45, 7) is 13.4. The Morgan fingerprint density at radius 2 is 1.65 bits per heavy atom. The van der Waals surface area contributed by atoms with Crippen LogP contribution in [-0.2, 0) is 13.1 Å². The fourth-order valence-electron chi connectivity index (χ4n) is 2.23. The molecule has 1 N–H and O–H groups in total. The molecule has 20 heavy (non-hydrogen) atoms. The molecule has 0 atom stereocenters. The molecule has 0 aliphatic heterocycles. The van der Waals surface area contributed by atoms with Crippen molar-refractivity contribution in [3.63, 3.8) is 0 Å². The lowest BCUT2D eigenvalue weighted by Crippen LogP contribution is -2.23. The first-order chi connectivity index (χ1) is 9.49. The number of hydrogen-bond donors (Lipinski definition) is 1. The second kappa shape index (κ2) is 9.15. The highest BCUT2D eigenvalue weighted by molar-refractivity contribution is 5.26. The number of rotatable bonds is 9. The van der Waals surface area contributed by atoms with Crippen LogP contribution in [0.25, 0.3) is 0 Å². The van der Waals surface area contributed by atoms with E-state index >= 15 is 0 Å². The van der Waals surface area contributed by atoms with Gasteiger partial charge in [0.05, 0.1) is 0 Å². The van der Waals surface area contributed by atoms with E-state index in [4.69, 9.17) is 0 Å². The van der Waals surface area contributed by atoms with E-state index in [1.165, 1.54) is 24.1 Å². The standard InChI is InChI=1S/C18H32N2/c1-15(2)10-11-20(5)14-18-9-7-6-8-17(18)13-19-12-16(3)4/h6-9,15-16,19H,10-14H2,1-5H3. The minimum absolute atomic E-state index is 0.705. The predicted molar refractivity (Wildman–Crippen MR) is 88.8 cm³/mol. The Bertz CT molecular complexity index is 371. The van der Waals surface area contributed by atoms with E-state index in [9.17, 15) is 0 Å². The van der Waals surface area contributed by atoms with Crippen LogP contribution in [0, 0.1) is 11.8 Å². The van der Waals surface area contributed by atoms with Gasteiger partial charge in [-0.15, -0.1) is 0 Å². The van der Waals surface area contributed by atoms with Gasteiger partial charge in [0.15, 0.2) is 0 Å². The van der Waals surface area contributed by atoms with Crippen LogP contribution in [0.4, 0.5) is 0 Å². The van der Waals surface area contributed by atoms with E-state index in [2.05, 4.69) is 69.2 Å². The Hall–Kier alpha value is -0.860. The maximum atomic E-state index is 3.55. The van der Waals surface area contributed by atoms with Gasteiger partial charge in [-0.2, -0.15) is 0 Å². The molecular formula is C18H32N2. The molecule has 0 spiro atoms. The molecule has 0 aromatic heterocycles. The Morgan fingerprint density at radius 1 is 1.00 bits per heavy atom. The second-order valence-corrected chi connectivity index (χ2v) is 6.71. The van der Waals surface area contributed by atoms with Crippen LogP contribution in [-0.4, -0.2) is 25.0 Å². The fourth-order valence-corrected chi connectivity index (χ4v) is 2.23. The van der Waals surface area contributed by atoms with E-state index < -0.39 is 0 Å². The van der Waals surface area contributed by atoms with Gasteiger partial charge in [-0.1, -0.05) is 52.0 Å². The van der Waals surface area contributed by atoms with Crippen molar-refractivity contribution in [1.29, 1.82) is 0 Å². The molecule has 1 rings (SSSR count). The zero-order chi connectivity index (χ0) is 15.0. The lowest BCUT2D eigenvalue weighted by atomic mass is 10.1. The SMILES string of the molecule is CC(C)CCN(C)Cc1ccccc1CNCC(C)C. The van der Waals surface area contributed by atoms with Gasteiger partial charge in [0.2, 0.25) is 0 Å². The van der Waals surface area contributed by atoms with Crippen LogP contribution < -0.4 is 5.32 Å².